The average Bonchev–Trinajstić information content (AvgIpc) is 3.66. The zero-order chi connectivity index (χ0) is 30.8. The van der Waals surface area contributed by atoms with Gasteiger partial charge in [0, 0.05) is 19.7 Å². The number of aromatic nitrogens is 1. The van der Waals surface area contributed by atoms with E-state index < -0.39 is 6.04 Å². The predicted molar refractivity (Wildman–Crippen MR) is 184 cm³/mol. The fourth-order valence-electron chi connectivity index (χ4n) is 5.07. The van der Waals surface area contributed by atoms with Gasteiger partial charge >= 0.3 is 0 Å². The van der Waals surface area contributed by atoms with Crippen molar-refractivity contribution in [2.45, 2.75) is 26.5 Å². The number of carbonyl (C=O) groups excluding carboxylic acids is 1. The van der Waals surface area contributed by atoms with Crippen LogP contribution in [-0.2, 0) is 11.4 Å². The number of anilines is 1. The summed E-state index contributed by atoms with van der Waals surface area (Å²) in [6.45, 7) is 4.08. The Morgan fingerprint density at radius 3 is 2.59 bits per heavy atom. The number of allylic oxidation sites excluding steroid dienone is 1. The van der Waals surface area contributed by atoms with E-state index in [-0.39, 0.29) is 11.5 Å². The summed E-state index contributed by atoms with van der Waals surface area (Å²) in [7, 11) is 1.63. The molecule has 0 saturated carbocycles. The van der Waals surface area contributed by atoms with Crippen LogP contribution in [0, 0.1) is 10.5 Å². The smallest absolute Gasteiger partial charge is 0.271 e. The van der Waals surface area contributed by atoms with Crippen LogP contribution in [-0.4, -0.2) is 17.6 Å². The number of thiophene rings is 1. The highest BCUT2D eigenvalue weighted by atomic mass is 127. The summed E-state index contributed by atoms with van der Waals surface area (Å²) >= 11 is 5.08. The summed E-state index contributed by atoms with van der Waals surface area (Å²) in [5.41, 5.74) is 4.20. The minimum Gasteiger partial charge on any atom is -0.496 e. The Morgan fingerprint density at radius 1 is 1.07 bits per heavy atom. The zero-order valence-corrected chi connectivity index (χ0v) is 28.0. The molecule has 6 rings (SSSR count). The molecule has 0 spiro atoms. The number of hydrogen-bond acceptors (Lipinski definition) is 7. The number of benzene rings is 3. The van der Waals surface area contributed by atoms with E-state index in [1.807, 2.05) is 104 Å². The van der Waals surface area contributed by atoms with Crippen molar-refractivity contribution in [2.75, 3.05) is 12.4 Å². The van der Waals surface area contributed by atoms with Gasteiger partial charge < -0.3 is 14.8 Å². The minimum absolute atomic E-state index is 0.201. The van der Waals surface area contributed by atoms with E-state index >= 15 is 0 Å². The monoisotopic (exact) mass is 733 g/mol. The predicted octanol–water partition coefficient (Wildman–Crippen LogP) is 6.44. The summed E-state index contributed by atoms with van der Waals surface area (Å²) in [5, 5.41) is 5.00. The zero-order valence-electron chi connectivity index (χ0n) is 24.2. The van der Waals surface area contributed by atoms with Crippen LogP contribution in [0.1, 0.15) is 34.5 Å². The van der Waals surface area contributed by atoms with Gasteiger partial charge in [-0.1, -0.05) is 41.7 Å². The number of ether oxygens (including phenoxy) is 2. The number of rotatable bonds is 8. The number of thiazole rings is 1. The van der Waals surface area contributed by atoms with Crippen molar-refractivity contribution in [3.05, 3.63) is 140 Å². The Balaban J connectivity index is 1.38. The number of methoxy groups -OCH3 is 1. The van der Waals surface area contributed by atoms with E-state index in [2.05, 4.69) is 27.9 Å². The van der Waals surface area contributed by atoms with Crippen molar-refractivity contribution in [1.82, 2.24) is 4.57 Å². The van der Waals surface area contributed by atoms with Gasteiger partial charge in [-0.05, 0) is 108 Å². The lowest BCUT2D eigenvalue weighted by molar-refractivity contribution is -0.113. The van der Waals surface area contributed by atoms with Crippen molar-refractivity contribution in [3.63, 3.8) is 0 Å². The van der Waals surface area contributed by atoms with E-state index in [0.717, 1.165) is 36.6 Å². The molecule has 0 aliphatic carbocycles. The standard InChI is InChI=1S/C34H28IN3O4S2/c1-20-7-4-5-8-26(20)37-32(39)30-21(2)36-34-38(31(30)28-9-6-16-43-28)33(40)29(44-34)18-22-10-15-27(41-3)23(17-22)19-42-25-13-11-24(35)12-14-25/h4-18,31H,19H2,1-3H3,(H,37,39). The fraction of sp³-hybridized carbons (Fsp3) is 0.147. The molecule has 1 unspecified atom stereocenters. The first kappa shape index (κ1) is 30.0. The Morgan fingerprint density at radius 2 is 1.86 bits per heavy atom. The highest BCUT2D eigenvalue weighted by molar-refractivity contribution is 14.1. The Labute approximate surface area is 276 Å². The van der Waals surface area contributed by atoms with Crippen molar-refractivity contribution in [3.8, 4) is 11.5 Å². The summed E-state index contributed by atoms with van der Waals surface area (Å²) in [4.78, 5) is 34.0. The number of nitrogens with one attached hydrogen (secondary N) is 1. The van der Waals surface area contributed by atoms with Gasteiger partial charge in [-0.25, -0.2) is 4.99 Å². The van der Waals surface area contributed by atoms with Crippen LogP contribution in [0.15, 0.2) is 105 Å². The molecule has 0 bridgehead atoms. The second-order valence-corrected chi connectivity index (χ2v) is 13.4. The highest BCUT2D eigenvalue weighted by Crippen LogP contribution is 2.33. The molecule has 7 nitrogen and oxygen atoms in total. The summed E-state index contributed by atoms with van der Waals surface area (Å²) in [5.74, 6) is 1.19. The van der Waals surface area contributed by atoms with E-state index in [1.165, 1.54) is 22.7 Å². The van der Waals surface area contributed by atoms with Crippen LogP contribution in [0.2, 0.25) is 0 Å². The first-order valence-electron chi connectivity index (χ1n) is 13.8. The second kappa shape index (κ2) is 12.9. The van der Waals surface area contributed by atoms with E-state index in [1.54, 1.807) is 11.7 Å². The van der Waals surface area contributed by atoms with Crippen LogP contribution in [0.4, 0.5) is 5.69 Å². The first-order valence-corrected chi connectivity index (χ1v) is 16.6. The maximum Gasteiger partial charge on any atom is 0.271 e. The van der Waals surface area contributed by atoms with Crippen LogP contribution in [0.3, 0.4) is 0 Å². The van der Waals surface area contributed by atoms with E-state index in [9.17, 15) is 9.59 Å². The molecule has 1 aliphatic rings. The molecule has 222 valence electrons. The molecule has 1 aliphatic heterocycles. The van der Waals surface area contributed by atoms with Crippen LogP contribution >= 0.6 is 45.3 Å². The van der Waals surface area contributed by atoms with Crippen LogP contribution in [0.5, 0.6) is 11.5 Å². The number of amides is 1. The molecule has 44 heavy (non-hydrogen) atoms. The van der Waals surface area contributed by atoms with Crippen LogP contribution in [0.25, 0.3) is 6.08 Å². The number of carbonyl (C=O) groups is 1. The SMILES string of the molecule is COc1ccc(C=c2sc3n(c2=O)C(c2cccs2)C(C(=O)Nc2ccccc2C)=C(C)N=3)cc1COc1ccc(I)cc1. The molecule has 2 aromatic heterocycles. The van der Waals surface area contributed by atoms with Crippen molar-refractivity contribution >= 4 is 62.9 Å². The number of nitrogens with zero attached hydrogens (tertiary/aromatic N) is 2. The number of aryl methyl sites for hydroxylation is 1. The van der Waals surface area contributed by atoms with E-state index in [4.69, 9.17) is 14.5 Å². The molecule has 1 N–H and O–H groups in total. The lowest BCUT2D eigenvalue weighted by Gasteiger charge is -2.24. The van der Waals surface area contributed by atoms with Crippen molar-refractivity contribution in [1.29, 1.82) is 0 Å². The number of halogens is 1. The van der Waals surface area contributed by atoms with Gasteiger partial charge in [-0.3, -0.25) is 14.2 Å². The maximum atomic E-state index is 14.0. The van der Waals surface area contributed by atoms with Crippen LogP contribution < -0.4 is 29.7 Å². The molecule has 0 radical (unpaired) electrons. The van der Waals surface area contributed by atoms with Crippen molar-refractivity contribution < 1.29 is 14.3 Å². The van der Waals surface area contributed by atoms with Gasteiger partial charge in [0.1, 0.15) is 24.1 Å². The lowest BCUT2D eigenvalue weighted by Crippen LogP contribution is -2.40. The maximum absolute atomic E-state index is 14.0. The van der Waals surface area contributed by atoms with Gasteiger partial charge in [-0.2, -0.15) is 0 Å². The summed E-state index contributed by atoms with van der Waals surface area (Å²) < 4.78 is 14.9. The molecule has 1 atom stereocenters. The third-order valence-electron chi connectivity index (χ3n) is 7.28. The molecular weight excluding hydrogens is 705 g/mol. The molecule has 1 amide bonds. The van der Waals surface area contributed by atoms with Gasteiger partial charge in [0.05, 0.1) is 22.9 Å². The second-order valence-electron chi connectivity index (χ2n) is 10.2. The lowest BCUT2D eigenvalue weighted by atomic mass is 10.0. The molecule has 3 aromatic carbocycles. The normalized spacial score (nSPS) is 14.6. The summed E-state index contributed by atoms with van der Waals surface area (Å²) in [6, 6.07) is 24.5. The third kappa shape index (κ3) is 6.15. The molecule has 0 saturated heterocycles. The highest BCUT2D eigenvalue weighted by Gasteiger charge is 2.33. The minimum atomic E-state index is -0.592. The Bertz CT molecular complexity index is 2060. The average molecular weight is 734 g/mol. The Kier molecular flexibility index (Phi) is 8.83. The van der Waals surface area contributed by atoms with Gasteiger partial charge in [0.15, 0.2) is 4.80 Å². The third-order valence-corrected chi connectivity index (χ3v) is 9.91. The molecule has 0 fully saturated rings. The molecular formula is C34H28IN3O4S2. The van der Waals surface area contributed by atoms with Gasteiger partial charge in [0.25, 0.3) is 11.5 Å². The van der Waals surface area contributed by atoms with Gasteiger partial charge in [0.2, 0.25) is 0 Å². The quantitative estimate of drug-likeness (QED) is 0.187. The Hall–Kier alpha value is -4.00. The molecule has 3 heterocycles. The number of para-hydroxylation sites is 1. The summed E-state index contributed by atoms with van der Waals surface area (Å²) in [6.07, 6.45) is 1.86. The molecule has 10 heteroatoms. The first-order chi connectivity index (χ1) is 21.3. The largest absolute Gasteiger partial charge is 0.496 e. The van der Waals surface area contributed by atoms with Crippen molar-refractivity contribution in [2.24, 2.45) is 4.99 Å². The van der Waals surface area contributed by atoms with Gasteiger partial charge in [-0.15, -0.1) is 11.3 Å². The topological polar surface area (TPSA) is 81.9 Å². The number of hydrogen-bond donors (Lipinski definition) is 1. The van der Waals surface area contributed by atoms with E-state index in [0.29, 0.717) is 33.0 Å². The number of fused-ring (bicyclic) bond motifs is 1. The fourth-order valence-corrected chi connectivity index (χ4v) is 7.30. The molecule has 5 aromatic rings.